The topological polar surface area (TPSA) is 86.5 Å². The largest absolute Gasteiger partial charge is 0.494 e. The van der Waals surface area contributed by atoms with E-state index in [2.05, 4.69) is 27.6 Å². The normalized spacial score (nSPS) is 15.1. The van der Waals surface area contributed by atoms with E-state index < -0.39 is 0 Å². The lowest BCUT2D eigenvalue weighted by molar-refractivity contribution is 0.0487. The maximum absolute atomic E-state index is 13.6. The average Bonchev–Trinajstić information content (AvgIpc) is 3.29. The van der Waals surface area contributed by atoms with E-state index in [0.29, 0.717) is 54.4 Å². The molecule has 0 spiro atoms. The first-order chi connectivity index (χ1) is 17.1. The number of rotatable bonds is 7. The van der Waals surface area contributed by atoms with Crippen molar-refractivity contribution in [1.82, 2.24) is 15.5 Å². The van der Waals surface area contributed by atoms with E-state index in [0.717, 1.165) is 24.2 Å². The minimum atomic E-state index is -0.212. The highest BCUT2D eigenvalue weighted by Gasteiger charge is 2.35. The minimum Gasteiger partial charge on any atom is -0.494 e. The molecular formula is C28H29N3O4. The van der Waals surface area contributed by atoms with Gasteiger partial charge in [0.25, 0.3) is 11.6 Å². The maximum atomic E-state index is 13.6. The third-order valence-corrected chi connectivity index (χ3v) is 6.75. The molecule has 2 aromatic carbocycles. The zero-order valence-corrected chi connectivity index (χ0v) is 20.0. The summed E-state index contributed by atoms with van der Waals surface area (Å²) in [7, 11) is 0. The van der Waals surface area contributed by atoms with Crippen molar-refractivity contribution in [2.75, 3.05) is 26.4 Å². The van der Waals surface area contributed by atoms with E-state index in [1.807, 2.05) is 62.4 Å². The van der Waals surface area contributed by atoms with Crippen LogP contribution in [0.2, 0.25) is 0 Å². The highest BCUT2D eigenvalue weighted by atomic mass is 16.5. The molecule has 7 heteroatoms. The van der Waals surface area contributed by atoms with Crippen LogP contribution in [0.25, 0.3) is 22.4 Å². The molecule has 4 aromatic rings. The van der Waals surface area contributed by atoms with Gasteiger partial charge in [-0.15, -0.1) is 0 Å². The highest BCUT2D eigenvalue weighted by molar-refractivity contribution is 6.07. The van der Waals surface area contributed by atoms with E-state index in [1.54, 1.807) is 0 Å². The molecule has 1 aliphatic rings. The molecule has 1 amide bonds. The van der Waals surface area contributed by atoms with Crippen LogP contribution in [-0.4, -0.2) is 42.4 Å². The van der Waals surface area contributed by atoms with Gasteiger partial charge in [0, 0.05) is 30.7 Å². The second-order valence-corrected chi connectivity index (χ2v) is 8.90. The summed E-state index contributed by atoms with van der Waals surface area (Å²) >= 11 is 0. The number of aryl methyl sites for hydroxylation is 1. The Balaban J connectivity index is 1.45. The lowest BCUT2D eigenvalue weighted by Gasteiger charge is -2.38. The lowest BCUT2D eigenvalue weighted by atomic mass is 9.74. The van der Waals surface area contributed by atoms with Crippen LogP contribution in [0.15, 0.2) is 65.2 Å². The third-order valence-electron chi connectivity index (χ3n) is 6.75. The number of carbonyl (C=O) groups is 1. The Morgan fingerprint density at radius 1 is 1.09 bits per heavy atom. The number of hydrogen-bond acceptors (Lipinski definition) is 6. The summed E-state index contributed by atoms with van der Waals surface area (Å²) in [6.45, 7) is 6.24. The quantitative estimate of drug-likeness (QED) is 0.405. The molecular weight excluding hydrogens is 442 g/mol. The predicted octanol–water partition coefficient (Wildman–Crippen LogP) is 5.08. The SMILES string of the molecule is CCOc1ccc(C2(CNC(=O)c3cc(-c4ccccc4)nc4onc(C)c34)CCOCC2)cc1. The van der Waals surface area contributed by atoms with Crippen molar-refractivity contribution in [3.05, 3.63) is 77.5 Å². The lowest BCUT2D eigenvalue weighted by Crippen LogP contribution is -2.44. The first-order valence-electron chi connectivity index (χ1n) is 12.0. The van der Waals surface area contributed by atoms with Gasteiger partial charge in [-0.1, -0.05) is 47.6 Å². The van der Waals surface area contributed by atoms with Crippen molar-refractivity contribution in [2.24, 2.45) is 0 Å². The molecule has 180 valence electrons. The molecule has 0 unspecified atom stereocenters. The van der Waals surface area contributed by atoms with Gasteiger partial charge in [0.15, 0.2) is 0 Å². The number of fused-ring (bicyclic) bond motifs is 1. The number of benzene rings is 2. The average molecular weight is 472 g/mol. The summed E-state index contributed by atoms with van der Waals surface area (Å²) in [4.78, 5) is 18.2. The fourth-order valence-electron chi connectivity index (χ4n) is 4.78. The van der Waals surface area contributed by atoms with E-state index in [1.165, 1.54) is 5.56 Å². The Bertz CT molecular complexity index is 1310. The molecule has 5 rings (SSSR count). The molecule has 1 aliphatic heterocycles. The van der Waals surface area contributed by atoms with Crippen LogP contribution in [0.5, 0.6) is 5.75 Å². The van der Waals surface area contributed by atoms with Crippen LogP contribution in [-0.2, 0) is 10.2 Å². The van der Waals surface area contributed by atoms with Crippen molar-refractivity contribution in [3.8, 4) is 17.0 Å². The third kappa shape index (κ3) is 4.64. The molecule has 0 aliphatic carbocycles. The van der Waals surface area contributed by atoms with Gasteiger partial charge >= 0.3 is 0 Å². The van der Waals surface area contributed by atoms with Crippen LogP contribution in [0, 0.1) is 6.92 Å². The summed E-state index contributed by atoms with van der Waals surface area (Å²) in [6.07, 6.45) is 1.66. The number of nitrogens with one attached hydrogen (secondary N) is 1. The van der Waals surface area contributed by atoms with Crippen molar-refractivity contribution in [3.63, 3.8) is 0 Å². The summed E-state index contributed by atoms with van der Waals surface area (Å²) in [5.74, 6) is 0.677. The molecule has 0 saturated carbocycles. The molecule has 0 bridgehead atoms. The van der Waals surface area contributed by atoms with Crippen LogP contribution < -0.4 is 10.1 Å². The van der Waals surface area contributed by atoms with E-state index >= 15 is 0 Å². The monoisotopic (exact) mass is 471 g/mol. The van der Waals surface area contributed by atoms with Crippen LogP contribution in [0.3, 0.4) is 0 Å². The van der Waals surface area contributed by atoms with Crippen molar-refractivity contribution in [2.45, 2.75) is 32.1 Å². The van der Waals surface area contributed by atoms with Gasteiger partial charge in [0.1, 0.15) is 5.75 Å². The Kier molecular flexibility index (Phi) is 6.51. The Morgan fingerprint density at radius 3 is 2.54 bits per heavy atom. The zero-order chi connectivity index (χ0) is 24.3. The molecule has 1 N–H and O–H groups in total. The molecule has 1 saturated heterocycles. The molecule has 7 nitrogen and oxygen atoms in total. The summed E-state index contributed by atoms with van der Waals surface area (Å²) < 4.78 is 16.7. The molecule has 0 radical (unpaired) electrons. The minimum absolute atomic E-state index is 0.169. The summed E-state index contributed by atoms with van der Waals surface area (Å²) in [5.41, 5.74) is 4.07. The zero-order valence-electron chi connectivity index (χ0n) is 20.0. The summed E-state index contributed by atoms with van der Waals surface area (Å²) in [5, 5.41) is 7.92. The van der Waals surface area contributed by atoms with Gasteiger partial charge in [0.05, 0.1) is 28.9 Å². The van der Waals surface area contributed by atoms with Crippen LogP contribution in [0.4, 0.5) is 0 Å². The number of amides is 1. The number of pyridine rings is 1. The molecule has 2 aromatic heterocycles. The predicted molar refractivity (Wildman–Crippen MR) is 134 cm³/mol. The smallest absolute Gasteiger partial charge is 0.259 e. The highest BCUT2D eigenvalue weighted by Crippen LogP contribution is 2.35. The Hall–Kier alpha value is -3.71. The molecule has 0 atom stereocenters. The summed E-state index contributed by atoms with van der Waals surface area (Å²) in [6, 6.07) is 19.8. The van der Waals surface area contributed by atoms with Crippen LogP contribution >= 0.6 is 0 Å². The van der Waals surface area contributed by atoms with Gasteiger partial charge in [-0.05, 0) is 50.5 Å². The van der Waals surface area contributed by atoms with Crippen molar-refractivity contribution < 1.29 is 18.8 Å². The van der Waals surface area contributed by atoms with Gasteiger partial charge in [0.2, 0.25) is 0 Å². The molecule has 3 heterocycles. The second-order valence-electron chi connectivity index (χ2n) is 8.90. The number of aromatic nitrogens is 2. The first-order valence-corrected chi connectivity index (χ1v) is 12.0. The van der Waals surface area contributed by atoms with E-state index in [9.17, 15) is 4.79 Å². The Morgan fingerprint density at radius 2 is 1.83 bits per heavy atom. The maximum Gasteiger partial charge on any atom is 0.259 e. The van der Waals surface area contributed by atoms with Gasteiger partial charge in [-0.25, -0.2) is 4.98 Å². The van der Waals surface area contributed by atoms with Crippen molar-refractivity contribution >= 4 is 17.0 Å². The number of nitrogens with zero attached hydrogens (tertiary/aromatic N) is 2. The van der Waals surface area contributed by atoms with E-state index in [4.69, 9.17) is 14.0 Å². The Labute approximate surface area is 204 Å². The van der Waals surface area contributed by atoms with Crippen molar-refractivity contribution in [1.29, 1.82) is 0 Å². The standard InChI is InChI=1S/C28H29N3O4/c1-3-34-22-11-9-21(10-12-22)28(13-15-33-16-14-28)18-29-26(32)23-17-24(20-7-5-4-6-8-20)30-27-25(23)19(2)31-35-27/h4-12,17H,3,13-16,18H2,1-2H3,(H,29,32). The van der Waals surface area contributed by atoms with Gasteiger partial charge in [-0.3, -0.25) is 4.79 Å². The van der Waals surface area contributed by atoms with Gasteiger partial charge in [-0.2, -0.15) is 0 Å². The molecule has 35 heavy (non-hydrogen) atoms. The van der Waals surface area contributed by atoms with E-state index in [-0.39, 0.29) is 11.3 Å². The molecule has 1 fully saturated rings. The number of hydrogen-bond donors (Lipinski definition) is 1. The first kappa shape index (κ1) is 23.1. The fourth-order valence-corrected chi connectivity index (χ4v) is 4.78. The number of ether oxygens (including phenoxy) is 2. The van der Waals surface area contributed by atoms with Crippen LogP contribution in [0.1, 0.15) is 41.4 Å². The number of carbonyl (C=O) groups excluding carboxylic acids is 1. The fraction of sp³-hybridized carbons (Fsp3) is 0.321. The van der Waals surface area contributed by atoms with Gasteiger partial charge < -0.3 is 19.3 Å². The second kappa shape index (κ2) is 9.88.